The fourth-order valence-corrected chi connectivity index (χ4v) is 5.20. The average molecular weight is 441 g/mol. The third-order valence-corrected chi connectivity index (χ3v) is 7.02. The molecule has 0 amide bonds. The predicted octanol–water partition coefficient (Wildman–Crippen LogP) is 4.27. The highest BCUT2D eigenvalue weighted by Crippen LogP contribution is 2.31. The predicted molar refractivity (Wildman–Crippen MR) is 119 cm³/mol. The third-order valence-electron chi connectivity index (χ3n) is 5.48. The number of rotatable bonds is 7. The first kappa shape index (κ1) is 21.6. The van der Waals surface area contributed by atoms with E-state index >= 15 is 0 Å². The molecule has 3 aromatic carbocycles. The summed E-state index contributed by atoms with van der Waals surface area (Å²) in [6, 6.07) is 20.8. The van der Waals surface area contributed by atoms with Gasteiger partial charge in [-0.15, -0.1) is 4.72 Å². The minimum atomic E-state index is -3.51. The summed E-state index contributed by atoms with van der Waals surface area (Å²) < 4.78 is 46.9. The van der Waals surface area contributed by atoms with Gasteiger partial charge in [-0.1, -0.05) is 46.7 Å². The quantitative estimate of drug-likeness (QED) is 0.558. The van der Waals surface area contributed by atoms with Gasteiger partial charge in [-0.2, -0.15) is 0 Å². The van der Waals surface area contributed by atoms with Gasteiger partial charge in [0.15, 0.2) is 15.3 Å². The summed E-state index contributed by atoms with van der Waals surface area (Å²) >= 11 is 0. The Balaban J connectivity index is 1.38. The van der Waals surface area contributed by atoms with Crippen molar-refractivity contribution in [2.75, 3.05) is 20.2 Å². The van der Waals surface area contributed by atoms with Crippen molar-refractivity contribution >= 4 is 10.4 Å². The molecule has 1 aliphatic rings. The Morgan fingerprint density at radius 3 is 2.58 bits per heavy atom. The van der Waals surface area contributed by atoms with E-state index in [9.17, 15) is 13.2 Å². The number of nitrogens with zero attached hydrogens (tertiary/aromatic N) is 1. The van der Waals surface area contributed by atoms with E-state index in [1.54, 1.807) is 43.5 Å². The van der Waals surface area contributed by atoms with E-state index in [4.69, 9.17) is 4.74 Å². The van der Waals surface area contributed by atoms with Crippen LogP contribution < -0.4 is 9.46 Å². The van der Waals surface area contributed by atoms with Crippen molar-refractivity contribution in [3.8, 4) is 16.9 Å². The van der Waals surface area contributed by atoms with E-state index in [0.717, 1.165) is 30.6 Å². The number of halogens is 1. The zero-order valence-electron chi connectivity index (χ0n) is 17.3. The Morgan fingerprint density at radius 1 is 1.13 bits per heavy atom. The van der Waals surface area contributed by atoms with Crippen LogP contribution in [0.1, 0.15) is 12.0 Å². The van der Waals surface area contributed by atoms with E-state index in [0.29, 0.717) is 17.9 Å². The topological polar surface area (TPSA) is 64.6 Å². The van der Waals surface area contributed by atoms with Crippen LogP contribution in [0, 0.1) is 5.82 Å². The Morgan fingerprint density at radius 2 is 1.87 bits per heavy atom. The largest absolute Gasteiger partial charge is 0.593 e. The summed E-state index contributed by atoms with van der Waals surface area (Å²) in [5.74, 6) is 0.322. The fraction of sp³-hybridized carbons (Fsp3) is 0.250. The maximum absolute atomic E-state index is 13.7. The van der Waals surface area contributed by atoms with Crippen LogP contribution in [-0.2, 0) is 21.2 Å². The molecule has 7 heteroatoms. The van der Waals surface area contributed by atoms with Crippen molar-refractivity contribution in [3.63, 3.8) is 0 Å². The minimum absolute atomic E-state index is 0.110. The molecule has 2 atom stereocenters. The van der Waals surface area contributed by atoms with E-state index in [-0.39, 0.29) is 16.8 Å². The van der Waals surface area contributed by atoms with Crippen LogP contribution >= 0.6 is 0 Å². The van der Waals surface area contributed by atoms with Crippen LogP contribution in [0.2, 0.25) is 0 Å². The molecule has 0 aliphatic carbocycles. The molecule has 0 bridgehead atoms. The number of likely N-dealkylation sites (tertiary alicyclic amines) is 1. The maximum Gasteiger partial charge on any atom is 0.175 e. The molecule has 0 aromatic heterocycles. The normalized spacial score (nSPS) is 18.6. The molecule has 4 rings (SSSR count). The van der Waals surface area contributed by atoms with Gasteiger partial charge in [0.25, 0.3) is 0 Å². The Labute approximate surface area is 183 Å². The molecule has 162 valence electrons. The first-order valence-corrected chi connectivity index (χ1v) is 11.7. The lowest BCUT2D eigenvalue weighted by Gasteiger charge is -2.20. The van der Waals surface area contributed by atoms with Gasteiger partial charge in [-0.25, -0.2) is 4.39 Å². The summed E-state index contributed by atoms with van der Waals surface area (Å²) in [4.78, 5) is 2.52. The molecule has 1 heterocycles. The lowest BCUT2D eigenvalue weighted by atomic mass is 10.0. The number of benzene rings is 3. The zero-order valence-corrected chi connectivity index (χ0v) is 18.1. The SMILES string of the molecule is COc1ccc(F)cc1-c1ccc(CN2CCC(N[S+](=O)([O-])c3ccccc3)C2)cc1. The lowest BCUT2D eigenvalue weighted by Crippen LogP contribution is -2.40. The summed E-state index contributed by atoms with van der Waals surface area (Å²) in [6.07, 6.45) is 0.768. The van der Waals surface area contributed by atoms with Gasteiger partial charge in [0.1, 0.15) is 11.6 Å². The first-order valence-electron chi connectivity index (χ1n) is 10.2. The zero-order chi connectivity index (χ0) is 21.8. The van der Waals surface area contributed by atoms with Gasteiger partial charge in [-0.3, -0.25) is 4.90 Å². The molecular formula is C24H25FN2O3S. The van der Waals surface area contributed by atoms with Crippen LogP contribution in [0.15, 0.2) is 77.7 Å². The van der Waals surface area contributed by atoms with Crippen molar-refractivity contribution in [2.24, 2.45) is 0 Å². The molecule has 5 nitrogen and oxygen atoms in total. The standard InChI is InChI=1S/C24H25FN2O3S/c1-30-24-12-11-20(25)15-23(24)19-9-7-18(8-10-19)16-27-14-13-21(17-27)26-31(28,29)22-5-3-2-4-6-22/h2-12,15,21H,13-14,16-17H2,1H3,(H-,26,28,29). The number of nitrogens with one attached hydrogen (secondary N) is 1. The number of hydrogen-bond acceptors (Lipinski definition) is 4. The van der Waals surface area contributed by atoms with Crippen molar-refractivity contribution in [3.05, 3.63) is 84.2 Å². The maximum atomic E-state index is 13.7. The van der Waals surface area contributed by atoms with E-state index < -0.39 is 10.4 Å². The molecule has 1 saturated heterocycles. The second kappa shape index (κ2) is 9.28. The summed E-state index contributed by atoms with van der Waals surface area (Å²) in [7, 11) is -1.94. The summed E-state index contributed by atoms with van der Waals surface area (Å²) in [6.45, 7) is 2.21. The second-order valence-corrected chi connectivity index (χ2v) is 9.41. The van der Waals surface area contributed by atoms with Crippen LogP contribution in [0.25, 0.3) is 11.1 Å². The molecule has 1 fully saturated rings. The Kier molecular flexibility index (Phi) is 6.48. The average Bonchev–Trinajstić information content (AvgIpc) is 3.21. The first-order chi connectivity index (χ1) is 14.9. The summed E-state index contributed by atoms with van der Waals surface area (Å²) in [5.41, 5.74) is 2.71. The van der Waals surface area contributed by atoms with Crippen molar-refractivity contribution in [1.82, 2.24) is 9.62 Å². The van der Waals surface area contributed by atoms with E-state index in [1.165, 1.54) is 12.1 Å². The van der Waals surface area contributed by atoms with Crippen LogP contribution in [-0.4, -0.2) is 35.7 Å². The number of methoxy groups -OCH3 is 1. The smallest absolute Gasteiger partial charge is 0.175 e. The molecule has 0 spiro atoms. The van der Waals surface area contributed by atoms with Crippen LogP contribution in [0.4, 0.5) is 4.39 Å². The highest BCUT2D eigenvalue weighted by molar-refractivity contribution is 7.95. The highest BCUT2D eigenvalue weighted by Gasteiger charge is 2.30. The third kappa shape index (κ3) is 5.19. The van der Waals surface area contributed by atoms with Gasteiger partial charge in [0.2, 0.25) is 0 Å². The van der Waals surface area contributed by atoms with Crippen LogP contribution in [0.3, 0.4) is 0 Å². The Bertz CT molecular complexity index is 1080. The number of hydrogen-bond donors (Lipinski definition) is 1. The van der Waals surface area contributed by atoms with Gasteiger partial charge in [0, 0.05) is 25.2 Å². The van der Waals surface area contributed by atoms with E-state index in [1.807, 2.05) is 24.3 Å². The van der Waals surface area contributed by atoms with Crippen LogP contribution in [0.5, 0.6) is 5.75 Å². The van der Waals surface area contributed by atoms with Crippen molar-refractivity contribution in [2.45, 2.75) is 23.9 Å². The molecule has 3 aromatic rings. The molecule has 1 N–H and O–H groups in total. The molecule has 2 unspecified atom stereocenters. The molecule has 0 radical (unpaired) electrons. The molecular weight excluding hydrogens is 415 g/mol. The van der Waals surface area contributed by atoms with Gasteiger partial charge >= 0.3 is 0 Å². The number of sulfonamides is 1. The molecule has 1 aliphatic heterocycles. The fourth-order valence-electron chi connectivity index (χ4n) is 3.91. The Hall–Kier alpha value is -2.58. The van der Waals surface area contributed by atoms with Crippen molar-refractivity contribution in [1.29, 1.82) is 0 Å². The highest BCUT2D eigenvalue weighted by atomic mass is 32.3. The second-order valence-electron chi connectivity index (χ2n) is 7.70. The molecule has 31 heavy (non-hydrogen) atoms. The van der Waals surface area contributed by atoms with E-state index in [2.05, 4.69) is 9.62 Å². The molecule has 0 saturated carbocycles. The summed E-state index contributed by atoms with van der Waals surface area (Å²) in [5, 5.41) is 0. The van der Waals surface area contributed by atoms with Gasteiger partial charge in [0.05, 0.1) is 13.2 Å². The monoisotopic (exact) mass is 440 g/mol. The minimum Gasteiger partial charge on any atom is -0.593 e. The van der Waals surface area contributed by atoms with Crippen molar-refractivity contribution < 1.29 is 17.9 Å². The lowest BCUT2D eigenvalue weighted by molar-refractivity contribution is 0.323. The van der Waals surface area contributed by atoms with Gasteiger partial charge < -0.3 is 9.29 Å². The van der Waals surface area contributed by atoms with Gasteiger partial charge in [-0.05, 0) is 47.9 Å². The number of ether oxygens (including phenoxy) is 1.